The molecule has 1 aromatic rings. The van der Waals surface area contributed by atoms with Crippen molar-refractivity contribution in [3.63, 3.8) is 0 Å². The number of rotatable bonds is 5. The lowest BCUT2D eigenvalue weighted by Crippen LogP contribution is -2.31. The van der Waals surface area contributed by atoms with Gasteiger partial charge < -0.3 is 10.5 Å². The maximum absolute atomic E-state index is 11.1. The molecule has 1 rings (SSSR count). The fourth-order valence-corrected chi connectivity index (χ4v) is 1.53. The Balaban J connectivity index is 2.45. The van der Waals surface area contributed by atoms with Crippen LogP contribution in [-0.4, -0.2) is 19.1 Å². The average molecular weight is 221 g/mol. The summed E-state index contributed by atoms with van der Waals surface area (Å²) < 4.78 is 4.57. The van der Waals surface area contributed by atoms with Gasteiger partial charge in [-0.3, -0.25) is 4.79 Å². The highest BCUT2D eigenvalue weighted by Crippen LogP contribution is 2.08. The normalized spacial score (nSPS) is 12.2. The zero-order valence-corrected chi connectivity index (χ0v) is 9.90. The van der Waals surface area contributed by atoms with E-state index in [0.717, 1.165) is 12.8 Å². The summed E-state index contributed by atoms with van der Waals surface area (Å²) in [6.45, 7) is 2.13. The first-order valence-electron chi connectivity index (χ1n) is 5.58. The van der Waals surface area contributed by atoms with Gasteiger partial charge >= 0.3 is 5.97 Å². The summed E-state index contributed by atoms with van der Waals surface area (Å²) in [5.41, 5.74) is 8.18. The molecule has 0 spiro atoms. The quantitative estimate of drug-likeness (QED) is 0.770. The molecule has 0 aliphatic heterocycles. The molecule has 1 unspecified atom stereocenters. The van der Waals surface area contributed by atoms with E-state index in [0.29, 0.717) is 6.42 Å². The molecule has 0 amide bonds. The van der Waals surface area contributed by atoms with Crippen molar-refractivity contribution in [1.29, 1.82) is 0 Å². The number of ether oxygens (including phenoxy) is 1. The lowest BCUT2D eigenvalue weighted by atomic mass is 10.0. The monoisotopic (exact) mass is 221 g/mol. The van der Waals surface area contributed by atoms with Crippen molar-refractivity contribution < 1.29 is 9.53 Å². The molecule has 3 heteroatoms. The van der Waals surface area contributed by atoms with Gasteiger partial charge in [0.05, 0.1) is 7.11 Å². The van der Waals surface area contributed by atoms with Crippen LogP contribution in [0, 0.1) is 0 Å². The van der Waals surface area contributed by atoms with E-state index in [2.05, 4.69) is 35.9 Å². The van der Waals surface area contributed by atoms with Crippen LogP contribution in [0.4, 0.5) is 0 Å². The summed E-state index contributed by atoms with van der Waals surface area (Å²) in [6.07, 6.45) is 2.47. The number of aryl methyl sites for hydroxylation is 2. The molecule has 1 aromatic carbocycles. The predicted octanol–water partition coefficient (Wildman–Crippen LogP) is 1.68. The Kier molecular flexibility index (Phi) is 4.99. The van der Waals surface area contributed by atoms with Crippen LogP contribution in [0.25, 0.3) is 0 Å². The van der Waals surface area contributed by atoms with Crippen molar-refractivity contribution in [3.05, 3.63) is 35.4 Å². The van der Waals surface area contributed by atoms with Crippen LogP contribution in [0.15, 0.2) is 24.3 Å². The largest absolute Gasteiger partial charge is 0.468 e. The molecule has 3 nitrogen and oxygen atoms in total. The molecule has 0 fully saturated rings. The lowest BCUT2D eigenvalue weighted by molar-refractivity contribution is -0.142. The molecule has 0 aromatic heterocycles. The molecule has 0 heterocycles. The van der Waals surface area contributed by atoms with E-state index < -0.39 is 6.04 Å². The number of nitrogens with two attached hydrogens (primary N) is 1. The standard InChI is InChI=1S/C13H19NO2/c1-3-10-4-6-11(7-5-10)8-9-12(14)13(15)16-2/h4-7,12H,3,8-9,14H2,1-2H3. The highest BCUT2D eigenvalue weighted by atomic mass is 16.5. The molecule has 16 heavy (non-hydrogen) atoms. The maximum atomic E-state index is 11.1. The second-order valence-electron chi connectivity index (χ2n) is 3.84. The second-order valence-corrected chi connectivity index (χ2v) is 3.84. The zero-order chi connectivity index (χ0) is 12.0. The number of methoxy groups -OCH3 is 1. The van der Waals surface area contributed by atoms with Gasteiger partial charge in [0.15, 0.2) is 0 Å². The minimum Gasteiger partial charge on any atom is -0.468 e. The minimum atomic E-state index is -0.518. The average Bonchev–Trinajstić information content (AvgIpc) is 2.35. The first-order valence-corrected chi connectivity index (χ1v) is 5.58. The van der Waals surface area contributed by atoms with Gasteiger partial charge in [-0.25, -0.2) is 0 Å². The zero-order valence-electron chi connectivity index (χ0n) is 9.90. The Morgan fingerprint density at radius 2 is 1.88 bits per heavy atom. The van der Waals surface area contributed by atoms with E-state index in [1.807, 2.05) is 0 Å². The second kappa shape index (κ2) is 6.28. The fourth-order valence-electron chi connectivity index (χ4n) is 1.53. The summed E-state index contributed by atoms with van der Waals surface area (Å²) in [4.78, 5) is 11.1. The summed E-state index contributed by atoms with van der Waals surface area (Å²) in [7, 11) is 1.36. The fraction of sp³-hybridized carbons (Fsp3) is 0.462. The van der Waals surface area contributed by atoms with Crippen LogP contribution in [0.1, 0.15) is 24.5 Å². The maximum Gasteiger partial charge on any atom is 0.322 e. The summed E-state index contributed by atoms with van der Waals surface area (Å²) >= 11 is 0. The van der Waals surface area contributed by atoms with Crippen LogP contribution in [0.2, 0.25) is 0 Å². The number of hydrogen-bond donors (Lipinski definition) is 1. The number of carbonyl (C=O) groups is 1. The highest BCUT2D eigenvalue weighted by molar-refractivity contribution is 5.75. The van der Waals surface area contributed by atoms with Crippen LogP contribution in [-0.2, 0) is 22.4 Å². The third-order valence-electron chi connectivity index (χ3n) is 2.68. The van der Waals surface area contributed by atoms with Gasteiger partial charge in [-0.05, 0) is 30.4 Å². The van der Waals surface area contributed by atoms with Crippen molar-refractivity contribution in [2.75, 3.05) is 7.11 Å². The molecule has 1 atom stereocenters. The van der Waals surface area contributed by atoms with Gasteiger partial charge in [-0.15, -0.1) is 0 Å². The first kappa shape index (κ1) is 12.7. The minimum absolute atomic E-state index is 0.342. The molecular formula is C13H19NO2. The van der Waals surface area contributed by atoms with Crippen molar-refractivity contribution in [2.24, 2.45) is 5.73 Å². The Labute approximate surface area is 96.6 Å². The SMILES string of the molecule is CCc1ccc(CCC(N)C(=O)OC)cc1. The van der Waals surface area contributed by atoms with Crippen LogP contribution < -0.4 is 5.73 Å². The number of benzene rings is 1. The van der Waals surface area contributed by atoms with Gasteiger partial charge in [-0.2, -0.15) is 0 Å². The van der Waals surface area contributed by atoms with E-state index in [9.17, 15) is 4.79 Å². The molecule has 2 N–H and O–H groups in total. The third kappa shape index (κ3) is 3.66. The summed E-state index contributed by atoms with van der Waals surface area (Å²) in [6, 6.07) is 7.87. The summed E-state index contributed by atoms with van der Waals surface area (Å²) in [5.74, 6) is -0.342. The van der Waals surface area contributed by atoms with Gasteiger partial charge in [0.25, 0.3) is 0 Å². The van der Waals surface area contributed by atoms with Crippen molar-refractivity contribution in [3.8, 4) is 0 Å². The van der Waals surface area contributed by atoms with Gasteiger partial charge in [0, 0.05) is 0 Å². The van der Waals surface area contributed by atoms with E-state index in [4.69, 9.17) is 5.73 Å². The predicted molar refractivity (Wildman–Crippen MR) is 64.1 cm³/mol. The van der Waals surface area contributed by atoms with Crippen molar-refractivity contribution in [1.82, 2.24) is 0 Å². The van der Waals surface area contributed by atoms with E-state index >= 15 is 0 Å². The molecule has 0 aliphatic rings. The number of esters is 1. The first-order chi connectivity index (χ1) is 7.67. The highest BCUT2D eigenvalue weighted by Gasteiger charge is 2.12. The lowest BCUT2D eigenvalue weighted by Gasteiger charge is -2.09. The molecule has 0 bridgehead atoms. The van der Waals surface area contributed by atoms with E-state index in [-0.39, 0.29) is 5.97 Å². The Morgan fingerprint density at radius 1 is 1.31 bits per heavy atom. The Bertz CT molecular complexity index is 332. The molecular weight excluding hydrogens is 202 g/mol. The van der Waals surface area contributed by atoms with Crippen LogP contribution in [0.5, 0.6) is 0 Å². The number of hydrogen-bond acceptors (Lipinski definition) is 3. The van der Waals surface area contributed by atoms with Crippen molar-refractivity contribution >= 4 is 5.97 Å². The van der Waals surface area contributed by atoms with E-state index in [1.165, 1.54) is 18.2 Å². The van der Waals surface area contributed by atoms with Crippen LogP contribution >= 0.6 is 0 Å². The van der Waals surface area contributed by atoms with Gasteiger partial charge in [-0.1, -0.05) is 31.2 Å². The van der Waals surface area contributed by atoms with Crippen molar-refractivity contribution in [2.45, 2.75) is 32.2 Å². The van der Waals surface area contributed by atoms with E-state index in [1.54, 1.807) is 0 Å². The topological polar surface area (TPSA) is 52.3 Å². The Hall–Kier alpha value is -1.35. The molecule has 0 saturated carbocycles. The van der Waals surface area contributed by atoms with Crippen LogP contribution in [0.3, 0.4) is 0 Å². The summed E-state index contributed by atoms with van der Waals surface area (Å²) in [5, 5.41) is 0. The third-order valence-corrected chi connectivity index (χ3v) is 2.68. The van der Waals surface area contributed by atoms with Gasteiger partial charge in [0.1, 0.15) is 6.04 Å². The molecule has 0 radical (unpaired) electrons. The molecule has 0 saturated heterocycles. The molecule has 0 aliphatic carbocycles. The van der Waals surface area contributed by atoms with Gasteiger partial charge in [0.2, 0.25) is 0 Å². The Morgan fingerprint density at radius 3 is 2.38 bits per heavy atom. The smallest absolute Gasteiger partial charge is 0.322 e. The molecule has 88 valence electrons. The number of carbonyl (C=O) groups excluding carboxylic acids is 1.